The van der Waals surface area contributed by atoms with Gasteiger partial charge in [0.2, 0.25) is 0 Å². The van der Waals surface area contributed by atoms with Gasteiger partial charge >= 0.3 is 0 Å². The van der Waals surface area contributed by atoms with Crippen LogP contribution in [0.1, 0.15) is 17.2 Å². The van der Waals surface area contributed by atoms with Crippen LogP contribution >= 0.6 is 12.4 Å². The lowest BCUT2D eigenvalue weighted by atomic mass is 9.89. The highest BCUT2D eigenvalue weighted by Gasteiger charge is 2.21. The molecule has 0 saturated carbocycles. The van der Waals surface area contributed by atoms with Crippen molar-refractivity contribution in [1.82, 2.24) is 0 Å². The number of nitrogens with two attached hydrogens (primary N) is 1. The first-order chi connectivity index (χ1) is 8.90. The standard InChI is InChI=1S/C16H17NO.ClH/c17-11-16-15-8-4-7-13(14(15)9-10-18-16)12-5-2-1-3-6-12;/h1-8,16H,9-11,17H2;1H/t16-;/m0./s1. The molecule has 2 aromatic rings. The maximum atomic E-state index is 5.78. The minimum absolute atomic E-state index is 0. The lowest BCUT2D eigenvalue weighted by Gasteiger charge is -2.27. The van der Waals surface area contributed by atoms with Gasteiger partial charge in [0.15, 0.2) is 0 Å². The van der Waals surface area contributed by atoms with Crippen LogP contribution in [0.15, 0.2) is 48.5 Å². The van der Waals surface area contributed by atoms with Crippen LogP contribution in [-0.2, 0) is 11.2 Å². The molecule has 19 heavy (non-hydrogen) atoms. The van der Waals surface area contributed by atoms with Gasteiger partial charge in [0, 0.05) is 6.54 Å². The van der Waals surface area contributed by atoms with Gasteiger partial charge in [0.25, 0.3) is 0 Å². The Kier molecular flexibility index (Phi) is 4.59. The zero-order chi connectivity index (χ0) is 12.4. The van der Waals surface area contributed by atoms with Crippen molar-refractivity contribution in [3.05, 3.63) is 59.7 Å². The van der Waals surface area contributed by atoms with Crippen molar-refractivity contribution in [2.24, 2.45) is 5.73 Å². The highest BCUT2D eigenvalue weighted by atomic mass is 35.5. The highest BCUT2D eigenvalue weighted by Crippen LogP contribution is 2.33. The molecule has 0 spiro atoms. The van der Waals surface area contributed by atoms with Crippen LogP contribution in [0.25, 0.3) is 11.1 Å². The summed E-state index contributed by atoms with van der Waals surface area (Å²) in [7, 11) is 0. The Morgan fingerprint density at radius 2 is 1.84 bits per heavy atom. The fourth-order valence-corrected chi connectivity index (χ4v) is 2.66. The predicted molar refractivity (Wildman–Crippen MR) is 80.6 cm³/mol. The second kappa shape index (κ2) is 6.20. The smallest absolute Gasteiger partial charge is 0.0950 e. The van der Waals surface area contributed by atoms with Crippen LogP contribution in [0.5, 0.6) is 0 Å². The summed E-state index contributed by atoms with van der Waals surface area (Å²) >= 11 is 0. The average molecular weight is 276 g/mol. The second-order valence-corrected chi connectivity index (χ2v) is 4.58. The fourth-order valence-electron chi connectivity index (χ4n) is 2.66. The summed E-state index contributed by atoms with van der Waals surface area (Å²) in [6.45, 7) is 1.31. The van der Waals surface area contributed by atoms with Crippen LogP contribution in [-0.4, -0.2) is 13.2 Å². The summed E-state index contributed by atoms with van der Waals surface area (Å²) in [6, 6.07) is 16.9. The van der Waals surface area contributed by atoms with E-state index < -0.39 is 0 Å². The van der Waals surface area contributed by atoms with E-state index in [-0.39, 0.29) is 18.5 Å². The molecule has 0 aliphatic carbocycles. The maximum absolute atomic E-state index is 5.78. The number of benzene rings is 2. The number of hydrogen-bond acceptors (Lipinski definition) is 2. The third kappa shape index (κ3) is 2.66. The summed E-state index contributed by atoms with van der Waals surface area (Å²) < 4.78 is 5.72. The normalized spacial score (nSPS) is 17.4. The molecule has 0 radical (unpaired) electrons. The summed E-state index contributed by atoms with van der Waals surface area (Å²) in [4.78, 5) is 0. The van der Waals surface area contributed by atoms with Gasteiger partial charge in [-0.05, 0) is 28.7 Å². The molecule has 0 unspecified atom stereocenters. The van der Waals surface area contributed by atoms with E-state index in [2.05, 4.69) is 42.5 Å². The van der Waals surface area contributed by atoms with Gasteiger partial charge in [-0.15, -0.1) is 12.4 Å². The Labute approximate surface area is 120 Å². The molecule has 0 saturated heterocycles. The topological polar surface area (TPSA) is 35.2 Å². The lowest BCUT2D eigenvalue weighted by molar-refractivity contribution is 0.0486. The number of hydrogen-bond donors (Lipinski definition) is 1. The Morgan fingerprint density at radius 1 is 1.05 bits per heavy atom. The summed E-state index contributed by atoms with van der Waals surface area (Å²) in [5.41, 5.74) is 11.0. The SMILES string of the molecule is Cl.NC[C@@H]1OCCc2c(-c3ccccc3)cccc21. The molecular weight excluding hydrogens is 258 g/mol. The molecule has 0 aromatic heterocycles. The molecule has 1 atom stereocenters. The Morgan fingerprint density at radius 3 is 2.58 bits per heavy atom. The summed E-state index contributed by atoms with van der Waals surface area (Å²) in [5, 5.41) is 0. The third-order valence-electron chi connectivity index (χ3n) is 3.53. The van der Waals surface area contributed by atoms with Crippen molar-refractivity contribution in [3.8, 4) is 11.1 Å². The van der Waals surface area contributed by atoms with E-state index in [1.807, 2.05) is 6.07 Å². The first-order valence-electron chi connectivity index (χ1n) is 6.39. The van der Waals surface area contributed by atoms with Crippen LogP contribution in [0.4, 0.5) is 0 Å². The summed E-state index contributed by atoms with van der Waals surface area (Å²) in [5.74, 6) is 0. The zero-order valence-electron chi connectivity index (χ0n) is 10.7. The minimum Gasteiger partial charge on any atom is -0.372 e. The van der Waals surface area contributed by atoms with E-state index in [0.29, 0.717) is 6.54 Å². The molecule has 3 heteroatoms. The quantitative estimate of drug-likeness (QED) is 0.912. The molecule has 0 amide bonds. The molecule has 0 fully saturated rings. The fraction of sp³-hybridized carbons (Fsp3) is 0.250. The van der Waals surface area contributed by atoms with Gasteiger partial charge in [-0.2, -0.15) is 0 Å². The van der Waals surface area contributed by atoms with Crippen molar-refractivity contribution in [1.29, 1.82) is 0 Å². The van der Waals surface area contributed by atoms with Crippen molar-refractivity contribution >= 4 is 12.4 Å². The monoisotopic (exact) mass is 275 g/mol. The Hall–Kier alpha value is -1.35. The minimum atomic E-state index is 0. The van der Waals surface area contributed by atoms with Crippen LogP contribution in [0.3, 0.4) is 0 Å². The van der Waals surface area contributed by atoms with E-state index >= 15 is 0 Å². The van der Waals surface area contributed by atoms with Crippen LogP contribution < -0.4 is 5.73 Å². The molecule has 1 aliphatic heterocycles. The van der Waals surface area contributed by atoms with E-state index in [1.54, 1.807) is 0 Å². The predicted octanol–water partition coefficient (Wildman–Crippen LogP) is 3.35. The lowest BCUT2D eigenvalue weighted by Crippen LogP contribution is -2.23. The number of halogens is 1. The number of fused-ring (bicyclic) bond motifs is 1. The molecule has 0 bridgehead atoms. The Bertz CT molecular complexity index is 542. The molecule has 2 aromatic carbocycles. The van der Waals surface area contributed by atoms with E-state index in [1.165, 1.54) is 22.3 Å². The molecule has 1 heterocycles. The number of ether oxygens (including phenoxy) is 1. The van der Waals surface area contributed by atoms with Crippen molar-refractivity contribution in [2.45, 2.75) is 12.5 Å². The Balaban J connectivity index is 0.00000133. The van der Waals surface area contributed by atoms with Crippen LogP contribution in [0, 0.1) is 0 Å². The zero-order valence-corrected chi connectivity index (χ0v) is 11.5. The first kappa shape index (κ1) is 14.1. The van der Waals surface area contributed by atoms with Gasteiger partial charge in [0.05, 0.1) is 12.7 Å². The van der Waals surface area contributed by atoms with Gasteiger partial charge in [-0.3, -0.25) is 0 Å². The van der Waals surface area contributed by atoms with Crippen LogP contribution in [0.2, 0.25) is 0 Å². The summed E-state index contributed by atoms with van der Waals surface area (Å²) in [6.07, 6.45) is 1.02. The molecule has 1 aliphatic rings. The second-order valence-electron chi connectivity index (χ2n) is 4.58. The largest absolute Gasteiger partial charge is 0.372 e. The van der Waals surface area contributed by atoms with Crippen molar-refractivity contribution in [2.75, 3.05) is 13.2 Å². The molecule has 3 rings (SSSR count). The van der Waals surface area contributed by atoms with E-state index in [4.69, 9.17) is 10.5 Å². The average Bonchev–Trinajstić information content (AvgIpc) is 2.47. The van der Waals surface area contributed by atoms with Crippen molar-refractivity contribution < 1.29 is 4.74 Å². The molecule has 2 N–H and O–H groups in total. The first-order valence-corrected chi connectivity index (χ1v) is 6.39. The number of rotatable bonds is 2. The highest BCUT2D eigenvalue weighted by molar-refractivity contribution is 5.85. The van der Waals surface area contributed by atoms with Gasteiger partial charge in [-0.25, -0.2) is 0 Å². The van der Waals surface area contributed by atoms with Gasteiger partial charge in [-0.1, -0.05) is 48.5 Å². The van der Waals surface area contributed by atoms with Gasteiger partial charge < -0.3 is 10.5 Å². The van der Waals surface area contributed by atoms with Gasteiger partial charge in [0.1, 0.15) is 0 Å². The molecule has 100 valence electrons. The molecule has 2 nitrogen and oxygen atoms in total. The molecular formula is C16H18ClNO. The maximum Gasteiger partial charge on any atom is 0.0950 e. The van der Waals surface area contributed by atoms with E-state index in [9.17, 15) is 0 Å². The van der Waals surface area contributed by atoms with Crippen molar-refractivity contribution in [3.63, 3.8) is 0 Å². The van der Waals surface area contributed by atoms with E-state index in [0.717, 1.165) is 13.0 Å². The third-order valence-corrected chi connectivity index (χ3v) is 3.53.